The molecule has 2 aromatic rings. The van der Waals surface area contributed by atoms with E-state index in [0.29, 0.717) is 11.3 Å². The summed E-state index contributed by atoms with van der Waals surface area (Å²) in [4.78, 5) is 25.0. The van der Waals surface area contributed by atoms with Crippen molar-refractivity contribution in [1.29, 1.82) is 0 Å². The lowest BCUT2D eigenvalue weighted by Crippen LogP contribution is -2.37. The molecular formula is C23H23N3O5S. The number of rotatable bonds is 6. The number of ether oxygens (including phenoxy) is 1. The van der Waals surface area contributed by atoms with Crippen LogP contribution in [0.25, 0.3) is 0 Å². The zero-order valence-electron chi connectivity index (χ0n) is 17.2. The van der Waals surface area contributed by atoms with Gasteiger partial charge in [0, 0.05) is 11.3 Å². The maximum Gasteiger partial charge on any atom is 0.271 e. The van der Waals surface area contributed by atoms with Crippen molar-refractivity contribution in [3.8, 4) is 0 Å². The molecule has 0 saturated heterocycles. The zero-order valence-corrected chi connectivity index (χ0v) is 18.0. The lowest BCUT2D eigenvalue weighted by atomic mass is 9.80. The molecule has 1 aliphatic heterocycles. The number of benzene rings is 2. The van der Waals surface area contributed by atoms with E-state index in [2.05, 4.69) is 15.2 Å². The van der Waals surface area contributed by atoms with Crippen molar-refractivity contribution in [1.82, 2.24) is 5.43 Å². The number of allylic oxidation sites excluding steroid dienone is 1. The number of nitrogens with one attached hydrogen (secondary N) is 2. The van der Waals surface area contributed by atoms with Gasteiger partial charge in [0.1, 0.15) is 6.10 Å². The molecule has 9 heteroatoms. The van der Waals surface area contributed by atoms with Crippen molar-refractivity contribution >= 4 is 33.6 Å². The molecule has 2 N–H and O–H groups in total. The molecule has 0 radical (unpaired) electrons. The zero-order chi connectivity index (χ0) is 22.6. The fourth-order valence-corrected chi connectivity index (χ4v) is 4.89. The number of fused-ring (bicyclic) bond motifs is 1. The second-order valence-electron chi connectivity index (χ2n) is 7.70. The maximum absolute atomic E-state index is 12.6. The van der Waals surface area contributed by atoms with E-state index in [9.17, 15) is 18.0 Å². The molecule has 8 nitrogen and oxygen atoms in total. The molecule has 2 aliphatic rings. The first-order valence-electron chi connectivity index (χ1n) is 10.4. The largest absolute Gasteiger partial charge is 0.496 e. The van der Waals surface area contributed by atoms with Gasteiger partial charge < -0.3 is 4.74 Å². The van der Waals surface area contributed by atoms with E-state index in [4.69, 9.17) is 4.74 Å². The minimum atomic E-state index is -3.71. The van der Waals surface area contributed by atoms with Gasteiger partial charge in [-0.15, -0.1) is 0 Å². The van der Waals surface area contributed by atoms with Crippen molar-refractivity contribution < 1.29 is 22.7 Å². The molecule has 0 aromatic heterocycles. The number of sulfonamides is 1. The average Bonchev–Trinajstić information content (AvgIpc) is 2.81. The van der Waals surface area contributed by atoms with E-state index < -0.39 is 15.9 Å². The Balaban J connectivity index is 1.35. The summed E-state index contributed by atoms with van der Waals surface area (Å²) < 4.78 is 32.9. The van der Waals surface area contributed by atoms with Crippen LogP contribution < -0.4 is 10.1 Å². The molecule has 166 valence electrons. The summed E-state index contributed by atoms with van der Waals surface area (Å²) >= 11 is 0. The van der Waals surface area contributed by atoms with Crippen molar-refractivity contribution in [2.75, 3.05) is 4.72 Å². The molecule has 1 amide bonds. The number of hydrazone groups is 1. The first-order chi connectivity index (χ1) is 15.4. The summed E-state index contributed by atoms with van der Waals surface area (Å²) in [6.45, 7) is 0. The highest BCUT2D eigenvalue weighted by Gasteiger charge is 2.36. The lowest BCUT2D eigenvalue weighted by molar-refractivity contribution is -0.126. The van der Waals surface area contributed by atoms with Crippen molar-refractivity contribution in [2.45, 2.75) is 36.7 Å². The minimum absolute atomic E-state index is 0.00555. The number of ketones is 1. The quantitative estimate of drug-likeness (QED) is 0.515. The van der Waals surface area contributed by atoms with Crippen molar-refractivity contribution in [2.24, 2.45) is 11.0 Å². The Labute approximate surface area is 186 Å². The third-order valence-electron chi connectivity index (χ3n) is 5.52. The van der Waals surface area contributed by atoms with Crippen molar-refractivity contribution in [3.05, 3.63) is 72.0 Å². The predicted octanol–water partition coefficient (Wildman–Crippen LogP) is 3.25. The number of nitrogens with zero attached hydrogens (tertiary/aromatic N) is 1. The van der Waals surface area contributed by atoms with Gasteiger partial charge in [-0.1, -0.05) is 24.6 Å². The van der Waals surface area contributed by atoms with Crippen LogP contribution in [0.15, 0.2) is 76.4 Å². The van der Waals surface area contributed by atoms with E-state index >= 15 is 0 Å². The van der Waals surface area contributed by atoms with Gasteiger partial charge in [-0.3, -0.25) is 14.3 Å². The molecule has 1 saturated carbocycles. The fraction of sp³-hybridized carbons (Fsp3) is 0.261. The Morgan fingerprint density at radius 2 is 1.75 bits per heavy atom. The number of amides is 1. The molecule has 2 aromatic carbocycles. The summed E-state index contributed by atoms with van der Waals surface area (Å²) in [5.74, 6) is -0.633. The van der Waals surface area contributed by atoms with Gasteiger partial charge in [0.15, 0.2) is 5.78 Å². The molecule has 0 spiro atoms. The van der Waals surface area contributed by atoms with Crippen molar-refractivity contribution in [3.63, 3.8) is 0 Å². The van der Waals surface area contributed by atoms with E-state index in [-0.39, 0.29) is 28.3 Å². The number of carbonyl (C=O) groups is 2. The maximum atomic E-state index is 12.6. The first-order valence-corrected chi connectivity index (χ1v) is 11.8. The average molecular weight is 454 g/mol. The number of Topliss-reactive ketones (excluding diaryl/α,β-unsaturated/α-hetero) is 1. The first kappa shape index (κ1) is 21.8. The lowest BCUT2D eigenvalue weighted by Gasteiger charge is -2.33. The van der Waals surface area contributed by atoms with Crippen LogP contribution in [-0.2, 0) is 19.6 Å². The summed E-state index contributed by atoms with van der Waals surface area (Å²) in [6, 6.07) is 13.9. The highest BCUT2D eigenvalue weighted by molar-refractivity contribution is 7.92. The van der Waals surface area contributed by atoms with Gasteiger partial charge in [0.25, 0.3) is 15.9 Å². The highest BCUT2D eigenvalue weighted by Crippen LogP contribution is 2.32. The molecule has 1 aliphatic carbocycles. The van der Waals surface area contributed by atoms with Gasteiger partial charge in [-0.2, -0.15) is 5.10 Å². The summed E-state index contributed by atoms with van der Waals surface area (Å²) in [5.41, 5.74) is 3.32. The topological polar surface area (TPSA) is 114 Å². The Morgan fingerprint density at radius 3 is 2.50 bits per heavy atom. The smallest absolute Gasteiger partial charge is 0.271 e. The van der Waals surface area contributed by atoms with Crippen LogP contribution in [0.1, 0.15) is 36.0 Å². The van der Waals surface area contributed by atoms with Gasteiger partial charge in [-0.05, 0) is 55.7 Å². The molecular weight excluding hydrogens is 430 g/mol. The second kappa shape index (κ2) is 9.35. The Hall–Kier alpha value is -3.46. The molecule has 4 rings (SSSR count). The number of anilines is 1. The summed E-state index contributed by atoms with van der Waals surface area (Å²) in [7, 11) is -3.71. The number of carbonyl (C=O) groups excluding carboxylic acids is 2. The van der Waals surface area contributed by atoms with Crippen LogP contribution in [0, 0.1) is 5.92 Å². The molecule has 32 heavy (non-hydrogen) atoms. The van der Waals surface area contributed by atoms with Crippen LogP contribution in [0.5, 0.6) is 0 Å². The van der Waals surface area contributed by atoms with Gasteiger partial charge in [-0.25, -0.2) is 13.8 Å². The standard InChI is InChI=1S/C23H23N3O5S/c27-22-17(15-31-21-9-5-4-8-20(21)22)14-24-25-23(28)16-10-12-18(13-11-16)26-32(29,30)19-6-2-1-3-7-19/h1-3,6-7,10-15,20-21,26H,4-5,8-9H2,(H,25,28)/b24-14+. The normalized spacial score (nSPS) is 20.8. The SMILES string of the molecule is O=C(N/N=C/C1=COC2CCCCC2C1=O)c1ccc(NS(=O)(=O)c2ccccc2)cc1. The molecule has 2 atom stereocenters. The van der Waals surface area contributed by atoms with Crippen LogP contribution in [-0.4, -0.2) is 32.4 Å². The van der Waals surface area contributed by atoms with Crippen LogP contribution >= 0.6 is 0 Å². The Morgan fingerprint density at radius 1 is 1.03 bits per heavy atom. The fourth-order valence-electron chi connectivity index (χ4n) is 3.81. The van der Waals surface area contributed by atoms with E-state index in [1.807, 2.05) is 0 Å². The highest BCUT2D eigenvalue weighted by atomic mass is 32.2. The van der Waals surface area contributed by atoms with E-state index in [1.54, 1.807) is 18.2 Å². The van der Waals surface area contributed by atoms with Gasteiger partial charge in [0.05, 0.1) is 28.9 Å². The Kier molecular flexibility index (Phi) is 6.36. The third kappa shape index (κ3) is 4.88. The molecule has 1 fully saturated rings. The summed E-state index contributed by atoms with van der Waals surface area (Å²) in [6.07, 6.45) is 6.42. The molecule has 0 bridgehead atoms. The van der Waals surface area contributed by atoms with Gasteiger partial charge in [0.2, 0.25) is 0 Å². The predicted molar refractivity (Wildman–Crippen MR) is 120 cm³/mol. The van der Waals surface area contributed by atoms with E-state index in [0.717, 1.165) is 25.7 Å². The van der Waals surface area contributed by atoms with E-state index in [1.165, 1.54) is 48.9 Å². The number of hydrogen-bond donors (Lipinski definition) is 2. The van der Waals surface area contributed by atoms with Crippen LogP contribution in [0.2, 0.25) is 0 Å². The van der Waals surface area contributed by atoms with Gasteiger partial charge >= 0.3 is 0 Å². The monoisotopic (exact) mass is 453 g/mol. The van der Waals surface area contributed by atoms with Crippen LogP contribution in [0.3, 0.4) is 0 Å². The third-order valence-corrected chi connectivity index (χ3v) is 6.91. The minimum Gasteiger partial charge on any atom is -0.496 e. The second-order valence-corrected chi connectivity index (χ2v) is 9.38. The molecule has 1 heterocycles. The Bertz CT molecular complexity index is 1160. The number of hydrogen-bond acceptors (Lipinski definition) is 6. The molecule has 2 unspecified atom stereocenters. The van der Waals surface area contributed by atoms with Crippen LogP contribution in [0.4, 0.5) is 5.69 Å². The summed E-state index contributed by atoms with van der Waals surface area (Å²) in [5, 5.41) is 3.88.